The molecular weight excluding hydrogens is 359 g/mol. The van der Waals surface area contributed by atoms with Gasteiger partial charge in [0.25, 0.3) is 0 Å². The van der Waals surface area contributed by atoms with E-state index in [9.17, 15) is 4.79 Å². The Morgan fingerprint density at radius 2 is 2.00 bits per heavy atom. The number of benzene rings is 2. The first kappa shape index (κ1) is 19.6. The van der Waals surface area contributed by atoms with Crippen LogP contribution in [0.5, 0.6) is 5.75 Å². The van der Waals surface area contributed by atoms with E-state index in [1.54, 1.807) is 0 Å². The van der Waals surface area contributed by atoms with Gasteiger partial charge >= 0.3 is 0 Å². The smallest absolute Gasteiger partial charge is 0.227 e. The maximum atomic E-state index is 12.4. The van der Waals surface area contributed by atoms with Gasteiger partial charge in [-0.3, -0.25) is 4.79 Å². The van der Waals surface area contributed by atoms with Crippen molar-refractivity contribution in [2.24, 2.45) is 11.7 Å². The van der Waals surface area contributed by atoms with Crippen molar-refractivity contribution < 1.29 is 9.53 Å². The number of carbonyl (C=O) groups is 1. The summed E-state index contributed by atoms with van der Waals surface area (Å²) in [6, 6.07) is 15.1. The molecule has 2 aromatic rings. The highest BCUT2D eigenvalue weighted by Gasteiger charge is 2.28. The van der Waals surface area contributed by atoms with Crippen LogP contribution in [0.3, 0.4) is 0 Å². The van der Waals surface area contributed by atoms with E-state index < -0.39 is 0 Å². The van der Waals surface area contributed by atoms with Crippen LogP contribution in [0.4, 0.5) is 5.69 Å². The fourth-order valence-corrected chi connectivity index (χ4v) is 3.19. The van der Waals surface area contributed by atoms with E-state index in [4.69, 9.17) is 22.1 Å². The van der Waals surface area contributed by atoms with Crippen molar-refractivity contribution in [3.8, 4) is 5.75 Å². The van der Waals surface area contributed by atoms with Crippen molar-refractivity contribution in [1.82, 2.24) is 0 Å². The summed E-state index contributed by atoms with van der Waals surface area (Å²) in [5.41, 5.74) is 7.56. The second kappa shape index (κ2) is 9.09. The molecule has 1 fully saturated rings. The van der Waals surface area contributed by atoms with Crippen LogP contribution in [-0.2, 0) is 11.4 Å². The molecule has 1 amide bonds. The number of amides is 1. The van der Waals surface area contributed by atoms with E-state index in [2.05, 4.69) is 5.32 Å². The van der Waals surface area contributed by atoms with E-state index in [-0.39, 0.29) is 30.3 Å². The Kier molecular flexibility index (Phi) is 7.12. The average Bonchev–Trinajstić information content (AvgIpc) is 3.01. The fourth-order valence-electron chi connectivity index (χ4n) is 2.97. The van der Waals surface area contributed by atoms with Gasteiger partial charge in [-0.05, 0) is 49.1 Å². The van der Waals surface area contributed by atoms with Crippen molar-refractivity contribution in [1.29, 1.82) is 0 Å². The minimum absolute atomic E-state index is 0. The van der Waals surface area contributed by atoms with Gasteiger partial charge in [0, 0.05) is 17.0 Å². The van der Waals surface area contributed by atoms with Gasteiger partial charge in [0.1, 0.15) is 12.4 Å². The lowest BCUT2D eigenvalue weighted by Gasteiger charge is -2.15. The van der Waals surface area contributed by atoms with Gasteiger partial charge in [-0.25, -0.2) is 0 Å². The molecule has 0 saturated heterocycles. The lowest BCUT2D eigenvalue weighted by Crippen LogP contribution is -2.23. The summed E-state index contributed by atoms with van der Waals surface area (Å²) in [5.74, 6) is 0.649. The molecule has 1 saturated carbocycles. The van der Waals surface area contributed by atoms with Crippen molar-refractivity contribution >= 4 is 35.6 Å². The normalized spacial score (nSPS) is 19.1. The first-order valence-corrected chi connectivity index (χ1v) is 8.52. The number of nitrogens with one attached hydrogen (secondary N) is 1. The van der Waals surface area contributed by atoms with E-state index in [0.29, 0.717) is 23.1 Å². The molecule has 0 radical (unpaired) electrons. The molecule has 2 aromatic carbocycles. The number of halogens is 2. The molecule has 1 aliphatic carbocycles. The highest BCUT2D eigenvalue weighted by Crippen LogP contribution is 2.29. The van der Waals surface area contributed by atoms with Crippen LogP contribution < -0.4 is 15.8 Å². The Hall–Kier alpha value is -1.75. The predicted octanol–water partition coefficient (Wildman–Crippen LogP) is 4.41. The third kappa shape index (κ3) is 5.36. The minimum atomic E-state index is -0.0130. The number of nitrogens with two attached hydrogens (primary N) is 1. The molecule has 3 rings (SSSR count). The zero-order chi connectivity index (χ0) is 16.9. The second-order valence-corrected chi connectivity index (χ2v) is 6.61. The van der Waals surface area contributed by atoms with E-state index in [0.717, 1.165) is 24.8 Å². The molecule has 0 heterocycles. The number of anilines is 1. The maximum absolute atomic E-state index is 12.4. The van der Waals surface area contributed by atoms with Crippen molar-refractivity contribution in [2.45, 2.75) is 31.9 Å². The monoisotopic (exact) mass is 380 g/mol. The molecule has 1 aliphatic rings. The SMILES string of the molecule is Cl.NC1CCC(C(=O)Nc2ccccc2OCc2cccc(Cl)c2)C1. The number of carbonyl (C=O) groups excluding carboxylic acids is 1. The first-order valence-electron chi connectivity index (χ1n) is 8.14. The van der Waals surface area contributed by atoms with Gasteiger partial charge < -0.3 is 15.8 Å². The lowest BCUT2D eigenvalue weighted by atomic mass is 10.1. The van der Waals surface area contributed by atoms with E-state index in [1.807, 2.05) is 48.5 Å². The zero-order valence-corrected chi connectivity index (χ0v) is 15.4. The van der Waals surface area contributed by atoms with Crippen molar-refractivity contribution in [2.75, 3.05) is 5.32 Å². The van der Waals surface area contributed by atoms with Crippen LogP contribution in [0.15, 0.2) is 48.5 Å². The summed E-state index contributed by atoms with van der Waals surface area (Å²) in [5, 5.41) is 3.65. The fraction of sp³-hybridized carbons (Fsp3) is 0.316. The molecule has 6 heteroatoms. The average molecular weight is 381 g/mol. The van der Waals surface area contributed by atoms with Gasteiger partial charge in [-0.15, -0.1) is 12.4 Å². The van der Waals surface area contributed by atoms with Gasteiger partial charge in [0.2, 0.25) is 5.91 Å². The Morgan fingerprint density at radius 1 is 1.20 bits per heavy atom. The second-order valence-electron chi connectivity index (χ2n) is 6.17. The van der Waals surface area contributed by atoms with Gasteiger partial charge in [0.15, 0.2) is 0 Å². The highest BCUT2D eigenvalue weighted by molar-refractivity contribution is 6.30. The standard InChI is InChI=1S/C19H21ClN2O2.ClH/c20-15-5-3-4-13(10-15)12-24-18-7-2-1-6-17(18)22-19(23)14-8-9-16(21)11-14;/h1-7,10,14,16H,8-9,11-12,21H2,(H,22,23);1H. The third-order valence-corrected chi connectivity index (χ3v) is 4.51. The first-order chi connectivity index (χ1) is 11.6. The summed E-state index contributed by atoms with van der Waals surface area (Å²) in [6.07, 6.45) is 2.50. The van der Waals surface area contributed by atoms with Crippen LogP contribution in [0.25, 0.3) is 0 Å². The topological polar surface area (TPSA) is 64.4 Å². The van der Waals surface area contributed by atoms with Gasteiger partial charge in [-0.2, -0.15) is 0 Å². The summed E-state index contributed by atoms with van der Waals surface area (Å²) in [4.78, 5) is 12.4. The molecule has 3 N–H and O–H groups in total. The maximum Gasteiger partial charge on any atom is 0.227 e. The zero-order valence-electron chi connectivity index (χ0n) is 13.8. The number of rotatable bonds is 5. The molecule has 134 valence electrons. The molecule has 0 spiro atoms. The summed E-state index contributed by atoms with van der Waals surface area (Å²) >= 11 is 5.99. The Bertz CT molecular complexity index is 724. The summed E-state index contributed by atoms with van der Waals surface area (Å²) in [6.45, 7) is 0.391. The van der Waals surface area contributed by atoms with Crippen LogP contribution in [0, 0.1) is 5.92 Å². The number of ether oxygens (including phenoxy) is 1. The molecule has 0 bridgehead atoms. The number of para-hydroxylation sites is 2. The lowest BCUT2D eigenvalue weighted by molar-refractivity contribution is -0.119. The Labute approximate surface area is 159 Å². The van der Waals surface area contributed by atoms with Crippen molar-refractivity contribution in [3.63, 3.8) is 0 Å². The summed E-state index contributed by atoms with van der Waals surface area (Å²) < 4.78 is 5.86. The number of hydrogen-bond acceptors (Lipinski definition) is 3. The van der Waals surface area contributed by atoms with Crippen molar-refractivity contribution in [3.05, 3.63) is 59.1 Å². The number of hydrogen-bond donors (Lipinski definition) is 2. The largest absolute Gasteiger partial charge is 0.487 e. The Morgan fingerprint density at radius 3 is 2.72 bits per heavy atom. The van der Waals surface area contributed by atoms with Crippen LogP contribution in [0.1, 0.15) is 24.8 Å². The molecule has 2 unspecified atom stereocenters. The third-order valence-electron chi connectivity index (χ3n) is 4.27. The van der Waals surface area contributed by atoms with Gasteiger partial charge in [0.05, 0.1) is 5.69 Å². The summed E-state index contributed by atoms with van der Waals surface area (Å²) in [7, 11) is 0. The van der Waals surface area contributed by atoms with Crippen LogP contribution in [-0.4, -0.2) is 11.9 Å². The molecule has 25 heavy (non-hydrogen) atoms. The molecule has 0 aromatic heterocycles. The molecule has 4 nitrogen and oxygen atoms in total. The van der Waals surface area contributed by atoms with E-state index >= 15 is 0 Å². The predicted molar refractivity (Wildman–Crippen MR) is 103 cm³/mol. The van der Waals surface area contributed by atoms with Crippen LogP contribution in [0.2, 0.25) is 5.02 Å². The highest BCUT2D eigenvalue weighted by atomic mass is 35.5. The molecule has 2 atom stereocenters. The van der Waals surface area contributed by atoms with Gasteiger partial charge in [-0.1, -0.05) is 35.9 Å². The molecule has 0 aliphatic heterocycles. The van der Waals surface area contributed by atoms with Crippen LogP contribution >= 0.6 is 24.0 Å². The van der Waals surface area contributed by atoms with E-state index in [1.165, 1.54) is 0 Å². The minimum Gasteiger partial charge on any atom is -0.487 e. The Balaban J connectivity index is 0.00000225. The quantitative estimate of drug-likeness (QED) is 0.807. The molecular formula is C19H22Cl2N2O2.